The van der Waals surface area contributed by atoms with Crippen molar-refractivity contribution in [3.8, 4) is 0 Å². The van der Waals surface area contributed by atoms with Crippen molar-refractivity contribution in [2.24, 2.45) is 0 Å². The third kappa shape index (κ3) is 8.28. The molecule has 0 saturated heterocycles. The highest BCUT2D eigenvalue weighted by molar-refractivity contribution is 7.00. The Labute approximate surface area is 507 Å². The van der Waals surface area contributed by atoms with Gasteiger partial charge in [-0.2, -0.15) is 0 Å². The number of anilines is 9. The lowest BCUT2D eigenvalue weighted by Crippen LogP contribution is -2.62. The SMILES string of the molecule is Cc1cc(C(C)(C)C)ccc1N1c2cc3c(cc2B2c4cc5c(cc4N(c4cccc6oc7ccccc7c46)c4cc(N(c6ccc(C(C)(C)C)cc6)c6ccc(C(C)(C)C)cc6)cc1c42)C(C)(C)c1ccccc1C5(C)C)C(C)(C)CC3(C)C. The average molecular weight is 1110 g/mol. The Kier molecular flexibility index (Phi) is 11.8. The molecule has 5 heteroatoms. The van der Waals surface area contributed by atoms with Gasteiger partial charge < -0.3 is 19.1 Å². The van der Waals surface area contributed by atoms with Crippen LogP contribution in [0.2, 0.25) is 0 Å². The number of rotatable bonds is 5. The number of hydrogen-bond acceptors (Lipinski definition) is 4. The van der Waals surface area contributed by atoms with Crippen LogP contribution in [-0.2, 0) is 37.9 Å². The second kappa shape index (κ2) is 18.1. The monoisotopic (exact) mass is 1110 g/mol. The number of nitrogens with zero attached hydrogens (tertiary/aromatic N) is 3. The van der Waals surface area contributed by atoms with E-state index >= 15 is 0 Å². The second-order valence-electron chi connectivity index (χ2n) is 31.1. The number of aryl methyl sites for hydroxylation is 1. The molecule has 14 rings (SSSR count). The van der Waals surface area contributed by atoms with E-state index in [0.29, 0.717) is 0 Å². The molecule has 2 aliphatic heterocycles. The lowest BCUT2D eigenvalue weighted by atomic mass is 9.32. The molecular weight excluding hydrogens is 1030 g/mol. The molecule has 428 valence electrons. The van der Waals surface area contributed by atoms with Crippen molar-refractivity contribution in [2.75, 3.05) is 14.7 Å². The van der Waals surface area contributed by atoms with Gasteiger partial charge in [-0.15, -0.1) is 0 Å². The summed E-state index contributed by atoms with van der Waals surface area (Å²) in [5, 5.41) is 2.22. The summed E-state index contributed by atoms with van der Waals surface area (Å²) in [6, 6.07) is 66.4. The van der Waals surface area contributed by atoms with E-state index in [0.717, 1.165) is 51.1 Å². The Morgan fingerprint density at radius 1 is 0.400 bits per heavy atom. The summed E-state index contributed by atoms with van der Waals surface area (Å²) in [7, 11) is 0. The van der Waals surface area contributed by atoms with Crippen molar-refractivity contribution in [3.63, 3.8) is 0 Å². The summed E-state index contributed by atoms with van der Waals surface area (Å²) in [4.78, 5) is 7.89. The maximum atomic E-state index is 6.88. The van der Waals surface area contributed by atoms with Crippen molar-refractivity contribution in [3.05, 3.63) is 225 Å². The standard InChI is InChI=1S/C80H84BN3O/c1-48-40-51(76(8,9)10)34-39-64(48)83-66-45-59-58(77(11,12)47-78(59,13)14)43-62(66)81-63-44-60-61(80(17,18)57-26-21-20-25-56(57)79(60,15)16)46-67(63)84(65-27-23-29-71-72(65)55-24-19-22-28-70(55)85-71)69-42-54(41-68(83)73(69)81)82(52-35-30-49(31-36-52)74(2,3)4)53-37-32-50(33-38-53)75(5,6)7/h19-46H,47H2,1-18H3. The highest BCUT2D eigenvalue weighted by Crippen LogP contribution is 2.57. The second-order valence-corrected chi connectivity index (χ2v) is 31.1. The largest absolute Gasteiger partial charge is 0.456 e. The van der Waals surface area contributed by atoms with Crippen LogP contribution in [-0.4, -0.2) is 6.71 Å². The number of benzene rings is 9. The molecule has 10 aromatic rings. The van der Waals surface area contributed by atoms with Gasteiger partial charge in [0.15, 0.2) is 0 Å². The smallest absolute Gasteiger partial charge is 0.252 e. The van der Waals surface area contributed by atoms with E-state index in [1.54, 1.807) is 0 Å². The van der Waals surface area contributed by atoms with Gasteiger partial charge in [0, 0.05) is 56.0 Å². The average Bonchev–Trinajstić information content (AvgIpc) is 1.29. The Bertz CT molecular complexity index is 4360. The van der Waals surface area contributed by atoms with E-state index in [9.17, 15) is 0 Å². The van der Waals surface area contributed by atoms with Crippen molar-refractivity contribution >= 4 is 96.2 Å². The Hall–Kier alpha value is -7.76. The molecule has 2 aliphatic carbocycles. The highest BCUT2D eigenvalue weighted by atomic mass is 16.3. The van der Waals surface area contributed by atoms with Gasteiger partial charge in [-0.1, -0.05) is 215 Å². The summed E-state index contributed by atoms with van der Waals surface area (Å²) in [5.41, 5.74) is 29.1. The van der Waals surface area contributed by atoms with Crippen molar-refractivity contribution < 1.29 is 4.42 Å². The first kappa shape index (κ1) is 55.1. The molecule has 1 aromatic heterocycles. The molecule has 0 radical (unpaired) electrons. The van der Waals surface area contributed by atoms with E-state index in [1.165, 1.54) is 100 Å². The minimum absolute atomic E-state index is 0.0157. The normalized spacial score (nSPS) is 16.8. The third-order valence-electron chi connectivity index (χ3n) is 20.5. The van der Waals surface area contributed by atoms with Gasteiger partial charge >= 0.3 is 0 Å². The summed E-state index contributed by atoms with van der Waals surface area (Å²) in [6.45, 7) is 42.8. The van der Waals surface area contributed by atoms with Crippen LogP contribution in [0.5, 0.6) is 0 Å². The van der Waals surface area contributed by atoms with Crippen LogP contribution in [0.1, 0.15) is 180 Å². The zero-order valence-corrected chi connectivity index (χ0v) is 53.7. The zero-order valence-electron chi connectivity index (χ0n) is 53.7. The van der Waals surface area contributed by atoms with Crippen molar-refractivity contribution in [2.45, 2.75) is 169 Å². The predicted octanol–water partition coefficient (Wildman–Crippen LogP) is 20.3. The van der Waals surface area contributed by atoms with Crippen molar-refractivity contribution in [1.82, 2.24) is 0 Å². The minimum atomic E-state index is -0.298. The molecule has 0 fully saturated rings. The van der Waals surface area contributed by atoms with Gasteiger partial charge in [0.25, 0.3) is 6.71 Å². The first-order valence-electron chi connectivity index (χ1n) is 31.2. The molecular formula is C80H84BN3O. The molecule has 0 unspecified atom stereocenters. The molecule has 0 atom stereocenters. The van der Waals surface area contributed by atoms with Crippen LogP contribution in [0.15, 0.2) is 174 Å². The lowest BCUT2D eigenvalue weighted by molar-refractivity contribution is 0.403. The molecule has 9 aromatic carbocycles. The molecule has 85 heavy (non-hydrogen) atoms. The molecule has 4 aliphatic rings. The number of furan rings is 1. The highest BCUT2D eigenvalue weighted by Gasteiger charge is 2.51. The molecule has 0 N–H and O–H groups in total. The Balaban J connectivity index is 1.17. The molecule has 0 bridgehead atoms. The fraction of sp³-hybridized carbons (Fsp3) is 0.325. The van der Waals surface area contributed by atoms with E-state index in [4.69, 9.17) is 4.42 Å². The van der Waals surface area contributed by atoms with Gasteiger partial charge in [-0.25, -0.2) is 0 Å². The van der Waals surface area contributed by atoms with Gasteiger partial charge in [0.1, 0.15) is 11.2 Å². The van der Waals surface area contributed by atoms with E-state index in [-0.39, 0.29) is 44.6 Å². The Morgan fingerprint density at radius 2 is 0.859 bits per heavy atom. The minimum Gasteiger partial charge on any atom is -0.456 e. The van der Waals surface area contributed by atoms with E-state index in [2.05, 4.69) is 309 Å². The molecule has 0 saturated carbocycles. The maximum absolute atomic E-state index is 6.88. The molecule has 4 nitrogen and oxygen atoms in total. The quantitative estimate of drug-likeness (QED) is 0.160. The van der Waals surface area contributed by atoms with E-state index < -0.39 is 0 Å². The number of para-hydroxylation sites is 1. The number of hydrogen-bond donors (Lipinski definition) is 0. The lowest BCUT2D eigenvalue weighted by Gasteiger charge is -2.48. The van der Waals surface area contributed by atoms with Gasteiger partial charge in [-0.3, -0.25) is 0 Å². The van der Waals surface area contributed by atoms with Gasteiger partial charge in [-0.05, 0) is 185 Å². The van der Waals surface area contributed by atoms with Crippen molar-refractivity contribution in [1.29, 1.82) is 0 Å². The van der Waals surface area contributed by atoms with Crippen LogP contribution in [0.4, 0.5) is 51.2 Å². The van der Waals surface area contributed by atoms with Crippen LogP contribution >= 0.6 is 0 Å². The maximum Gasteiger partial charge on any atom is 0.252 e. The van der Waals surface area contributed by atoms with Gasteiger partial charge in [0.2, 0.25) is 0 Å². The van der Waals surface area contributed by atoms with E-state index in [1.807, 2.05) is 0 Å². The van der Waals surface area contributed by atoms with Crippen LogP contribution < -0.4 is 31.1 Å². The van der Waals surface area contributed by atoms with Gasteiger partial charge in [0.05, 0.1) is 16.8 Å². The summed E-state index contributed by atoms with van der Waals surface area (Å²) >= 11 is 0. The third-order valence-corrected chi connectivity index (χ3v) is 20.5. The fourth-order valence-corrected chi connectivity index (χ4v) is 16.0. The first-order chi connectivity index (χ1) is 39.9. The topological polar surface area (TPSA) is 22.9 Å². The summed E-state index contributed by atoms with van der Waals surface area (Å²) in [6.07, 6.45) is 1.07. The zero-order chi connectivity index (χ0) is 60.0. The van der Waals surface area contributed by atoms with Crippen LogP contribution in [0.3, 0.4) is 0 Å². The molecule has 0 amide bonds. The summed E-state index contributed by atoms with van der Waals surface area (Å²) in [5.74, 6) is 0. The molecule has 0 spiro atoms. The molecule has 3 heterocycles. The predicted molar refractivity (Wildman–Crippen MR) is 365 cm³/mol. The number of fused-ring (bicyclic) bond motifs is 10. The fourth-order valence-electron chi connectivity index (χ4n) is 16.0. The first-order valence-corrected chi connectivity index (χ1v) is 31.2. The summed E-state index contributed by atoms with van der Waals surface area (Å²) < 4.78 is 6.88. The van der Waals surface area contributed by atoms with Crippen LogP contribution in [0.25, 0.3) is 21.9 Å². The van der Waals surface area contributed by atoms with Crippen LogP contribution in [0, 0.1) is 6.92 Å². The Morgan fingerprint density at radius 3 is 1.40 bits per heavy atom.